The zero-order chi connectivity index (χ0) is 14.0. The Kier molecular flexibility index (Phi) is 4.51. The summed E-state index contributed by atoms with van der Waals surface area (Å²) in [4.78, 5) is 14.6. The Labute approximate surface area is 116 Å². The fourth-order valence-corrected chi connectivity index (χ4v) is 3.14. The Morgan fingerprint density at radius 1 is 1.42 bits per heavy atom. The average molecular weight is 268 g/mol. The topological polar surface area (TPSA) is 41.6 Å². The van der Waals surface area contributed by atoms with E-state index in [-0.39, 0.29) is 23.5 Å². The van der Waals surface area contributed by atoms with Crippen LogP contribution in [0.3, 0.4) is 0 Å². The minimum absolute atomic E-state index is 0.00612. The third kappa shape index (κ3) is 3.11. The van der Waals surface area contributed by atoms with Crippen LogP contribution in [0.2, 0.25) is 0 Å². The first-order valence-corrected chi connectivity index (χ1v) is 7.61. The molecule has 0 aliphatic carbocycles. The Morgan fingerprint density at radius 3 is 2.58 bits per heavy atom. The monoisotopic (exact) mass is 268 g/mol. The fraction of sp³-hybridized carbons (Fsp3) is 0.933. The summed E-state index contributed by atoms with van der Waals surface area (Å²) in [6.07, 6.45) is 3.29. The van der Waals surface area contributed by atoms with Crippen LogP contribution in [0, 0.1) is 11.3 Å². The highest BCUT2D eigenvalue weighted by molar-refractivity contribution is 5.84. The van der Waals surface area contributed by atoms with E-state index in [4.69, 9.17) is 4.74 Å². The van der Waals surface area contributed by atoms with E-state index in [2.05, 4.69) is 37.9 Å². The zero-order valence-electron chi connectivity index (χ0n) is 12.7. The van der Waals surface area contributed by atoms with Gasteiger partial charge in [-0.3, -0.25) is 10.1 Å². The molecular weight excluding hydrogens is 240 g/mol. The first-order chi connectivity index (χ1) is 8.97. The van der Waals surface area contributed by atoms with Gasteiger partial charge in [0.25, 0.3) is 0 Å². The molecule has 2 aliphatic rings. The number of nitrogens with zero attached hydrogens (tertiary/aromatic N) is 1. The van der Waals surface area contributed by atoms with E-state index >= 15 is 0 Å². The van der Waals surface area contributed by atoms with Gasteiger partial charge in [0.2, 0.25) is 5.91 Å². The lowest BCUT2D eigenvalue weighted by atomic mass is 9.81. The van der Waals surface area contributed by atoms with Crippen LogP contribution in [-0.2, 0) is 9.53 Å². The Morgan fingerprint density at radius 2 is 2.05 bits per heavy atom. The lowest BCUT2D eigenvalue weighted by molar-refractivity contribution is -0.133. The van der Waals surface area contributed by atoms with E-state index in [0.29, 0.717) is 5.92 Å². The molecule has 0 spiro atoms. The van der Waals surface area contributed by atoms with Gasteiger partial charge in [0, 0.05) is 19.8 Å². The van der Waals surface area contributed by atoms with E-state index in [1.54, 1.807) is 0 Å². The summed E-state index contributed by atoms with van der Waals surface area (Å²) < 4.78 is 5.45. The van der Waals surface area contributed by atoms with E-state index in [0.717, 1.165) is 39.0 Å². The molecule has 0 bridgehead atoms. The van der Waals surface area contributed by atoms with Gasteiger partial charge >= 0.3 is 0 Å². The normalized spacial score (nSPS) is 31.2. The molecule has 0 aromatic rings. The van der Waals surface area contributed by atoms with Gasteiger partial charge in [-0.2, -0.15) is 0 Å². The highest BCUT2D eigenvalue weighted by Gasteiger charge is 2.42. The summed E-state index contributed by atoms with van der Waals surface area (Å²) in [5, 5.41) is 3.49. The molecule has 2 aliphatic heterocycles. The Balaban J connectivity index is 2.06. The molecule has 1 amide bonds. The summed E-state index contributed by atoms with van der Waals surface area (Å²) in [6, 6.07) is -0.00612. The number of rotatable bonds is 4. The molecule has 0 aromatic carbocycles. The van der Waals surface area contributed by atoms with Gasteiger partial charge in [0.15, 0.2) is 0 Å². The van der Waals surface area contributed by atoms with Crippen molar-refractivity contribution in [2.75, 3.05) is 19.8 Å². The van der Waals surface area contributed by atoms with Crippen LogP contribution in [0.25, 0.3) is 0 Å². The molecule has 0 radical (unpaired) electrons. The predicted octanol–water partition coefficient (Wildman–Crippen LogP) is 2.00. The van der Waals surface area contributed by atoms with Gasteiger partial charge in [-0.05, 0) is 30.6 Å². The van der Waals surface area contributed by atoms with E-state index in [1.807, 2.05) is 0 Å². The van der Waals surface area contributed by atoms with Crippen molar-refractivity contribution in [2.24, 2.45) is 11.3 Å². The van der Waals surface area contributed by atoms with Gasteiger partial charge in [-0.1, -0.05) is 27.7 Å². The number of hydrogen-bond acceptors (Lipinski definition) is 3. The van der Waals surface area contributed by atoms with Crippen LogP contribution in [0.4, 0.5) is 0 Å². The third-order valence-corrected chi connectivity index (χ3v) is 4.60. The summed E-state index contributed by atoms with van der Waals surface area (Å²) in [5.41, 5.74) is 0.217. The van der Waals surface area contributed by atoms with Gasteiger partial charge in [0.05, 0.1) is 12.2 Å². The average Bonchev–Trinajstić information content (AvgIpc) is 2.67. The van der Waals surface area contributed by atoms with Gasteiger partial charge in [-0.25, -0.2) is 0 Å². The van der Waals surface area contributed by atoms with Crippen molar-refractivity contribution in [1.29, 1.82) is 0 Å². The molecule has 19 heavy (non-hydrogen) atoms. The van der Waals surface area contributed by atoms with Crippen LogP contribution >= 0.6 is 0 Å². The molecule has 0 saturated carbocycles. The molecule has 4 heteroatoms. The fourth-order valence-electron chi connectivity index (χ4n) is 3.14. The molecule has 2 unspecified atom stereocenters. The number of ether oxygens (including phenoxy) is 1. The van der Waals surface area contributed by atoms with Gasteiger partial charge < -0.3 is 9.64 Å². The van der Waals surface area contributed by atoms with Crippen molar-refractivity contribution in [3.63, 3.8) is 0 Å². The number of hydrogen-bond donors (Lipinski definition) is 1. The molecule has 2 saturated heterocycles. The first kappa shape index (κ1) is 14.8. The highest BCUT2D eigenvalue weighted by atomic mass is 16.5. The largest absolute Gasteiger partial charge is 0.381 e. The van der Waals surface area contributed by atoms with Gasteiger partial charge in [0.1, 0.15) is 0 Å². The minimum atomic E-state index is -0.00612. The Bertz CT molecular complexity index is 324. The molecule has 110 valence electrons. The number of amides is 1. The summed E-state index contributed by atoms with van der Waals surface area (Å²) in [6.45, 7) is 11.2. The van der Waals surface area contributed by atoms with Crippen molar-refractivity contribution < 1.29 is 9.53 Å². The second kappa shape index (κ2) is 5.80. The quantitative estimate of drug-likeness (QED) is 0.848. The minimum Gasteiger partial charge on any atom is -0.381 e. The molecule has 2 fully saturated rings. The summed E-state index contributed by atoms with van der Waals surface area (Å²) in [5.74, 6) is 0.642. The smallest absolute Gasteiger partial charge is 0.241 e. The van der Waals surface area contributed by atoms with Crippen molar-refractivity contribution >= 4 is 5.91 Å². The zero-order valence-corrected chi connectivity index (χ0v) is 12.7. The first-order valence-electron chi connectivity index (χ1n) is 7.61. The van der Waals surface area contributed by atoms with E-state index < -0.39 is 0 Å². The second-order valence-electron chi connectivity index (χ2n) is 6.70. The van der Waals surface area contributed by atoms with Crippen LogP contribution in [0.15, 0.2) is 0 Å². The number of carbonyl (C=O) groups is 1. The second-order valence-corrected chi connectivity index (χ2v) is 6.70. The van der Waals surface area contributed by atoms with E-state index in [1.165, 1.54) is 0 Å². The highest BCUT2D eigenvalue weighted by Crippen LogP contribution is 2.33. The molecular formula is C15H28N2O2. The molecule has 0 aromatic heterocycles. The molecule has 1 N–H and O–H groups in total. The van der Waals surface area contributed by atoms with E-state index in [9.17, 15) is 4.79 Å². The molecule has 2 heterocycles. The van der Waals surface area contributed by atoms with Crippen LogP contribution in [-0.4, -0.2) is 42.8 Å². The third-order valence-electron chi connectivity index (χ3n) is 4.60. The molecule has 2 rings (SSSR count). The SMILES string of the molecule is CCC1NC(C(C)C)C(=O)N1CC1(C)CCOCC1. The maximum atomic E-state index is 12.6. The van der Waals surface area contributed by atoms with Crippen molar-refractivity contribution in [1.82, 2.24) is 10.2 Å². The van der Waals surface area contributed by atoms with Crippen molar-refractivity contribution in [2.45, 2.75) is 59.2 Å². The van der Waals surface area contributed by atoms with Gasteiger partial charge in [-0.15, -0.1) is 0 Å². The van der Waals surface area contributed by atoms with Crippen LogP contribution < -0.4 is 5.32 Å². The maximum Gasteiger partial charge on any atom is 0.241 e. The van der Waals surface area contributed by atoms with Crippen molar-refractivity contribution in [3.8, 4) is 0 Å². The maximum absolute atomic E-state index is 12.6. The summed E-state index contributed by atoms with van der Waals surface area (Å²) >= 11 is 0. The predicted molar refractivity (Wildman–Crippen MR) is 75.7 cm³/mol. The van der Waals surface area contributed by atoms with Crippen LogP contribution in [0.1, 0.15) is 47.0 Å². The molecule has 4 nitrogen and oxygen atoms in total. The van der Waals surface area contributed by atoms with Crippen molar-refractivity contribution in [3.05, 3.63) is 0 Å². The molecule has 2 atom stereocenters. The lowest BCUT2D eigenvalue weighted by Gasteiger charge is -2.38. The summed E-state index contributed by atoms with van der Waals surface area (Å²) in [7, 11) is 0. The van der Waals surface area contributed by atoms with Crippen LogP contribution in [0.5, 0.6) is 0 Å². The Hall–Kier alpha value is -0.610. The number of carbonyl (C=O) groups excluding carboxylic acids is 1. The number of nitrogens with one attached hydrogen (secondary N) is 1. The standard InChI is InChI=1S/C15H28N2O2/c1-5-12-16-13(11(2)3)14(18)17(12)10-15(4)6-8-19-9-7-15/h11-13,16H,5-10H2,1-4H3. The lowest BCUT2D eigenvalue weighted by Crippen LogP contribution is -2.45.